The average molecular weight is 294 g/mol. The van der Waals surface area contributed by atoms with Gasteiger partial charge in [-0.1, -0.05) is 0 Å². The predicted molar refractivity (Wildman–Crippen MR) is 53.8 cm³/mol. The molecular formula is C5H6BrClO3S2. The zero-order chi connectivity index (χ0) is 8.65. The van der Waals surface area contributed by atoms with Crippen molar-refractivity contribution in [2.75, 3.05) is 0 Å². The van der Waals surface area contributed by atoms with Crippen LogP contribution in [0.4, 0.5) is 0 Å². The first kappa shape index (κ1) is 12.4. The lowest BCUT2D eigenvalue weighted by molar-refractivity contribution is 0.485. The van der Waals surface area contributed by atoms with Crippen molar-refractivity contribution in [2.24, 2.45) is 0 Å². The van der Waals surface area contributed by atoms with E-state index in [0.717, 1.165) is 16.9 Å². The molecule has 70 valence electrons. The second-order valence-electron chi connectivity index (χ2n) is 2.00. The molecule has 7 heteroatoms. The van der Waals surface area contributed by atoms with E-state index in [1.165, 1.54) is 0 Å². The third-order valence-corrected chi connectivity index (χ3v) is 5.13. The van der Waals surface area contributed by atoms with Crippen LogP contribution >= 0.6 is 39.7 Å². The Bertz CT molecular complexity index is 370. The average Bonchev–Trinajstić information content (AvgIpc) is 2.11. The highest BCUT2D eigenvalue weighted by Gasteiger charge is 2.17. The van der Waals surface area contributed by atoms with Crippen molar-refractivity contribution in [2.45, 2.75) is 11.1 Å². The number of thiophene rings is 1. The molecule has 0 spiro atoms. The minimum Gasteiger partial charge on any atom is -0.281 e. The van der Waals surface area contributed by atoms with Crippen LogP contribution in [0.3, 0.4) is 0 Å². The Morgan fingerprint density at radius 1 is 1.58 bits per heavy atom. The van der Waals surface area contributed by atoms with Crippen LogP contribution in [-0.4, -0.2) is 13.0 Å². The van der Waals surface area contributed by atoms with Crippen molar-refractivity contribution in [1.82, 2.24) is 0 Å². The Hall–Kier alpha value is 0.380. The summed E-state index contributed by atoms with van der Waals surface area (Å²) in [4.78, 5) is 0. The van der Waals surface area contributed by atoms with E-state index in [1.54, 1.807) is 12.3 Å². The van der Waals surface area contributed by atoms with Crippen LogP contribution in [0.25, 0.3) is 0 Å². The maximum Gasteiger partial charge on any atom is 0.305 e. The van der Waals surface area contributed by atoms with Crippen LogP contribution in [0.1, 0.15) is 5.56 Å². The first-order chi connectivity index (χ1) is 4.93. The van der Waals surface area contributed by atoms with Gasteiger partial charge in [-0.2, -0.15) is 8.42 Å². The normalized spacial score (nSPS) is 10.9. The molecule has 1 rings (SSSR count). The summed E-state index contributed by atoms with van der Waals surface area (Å²) in [5.74, 6) is 0. The fraction of sp³-hybridized carbons (Fsp3) is 0.200. The zero-order valence-corrected chi connectivity index (χ0v) is 9.98. The zero-order valence-electron chi connectivity index (χ0n) is 5.94. The summed E-state index contributed by atoms with van der Waals surface area (Å²) in [5.41, 5.74) is 0.808. The summed E-state index contributed by atoms with van der Waals surface area (Å²) in [6.45, 7) is 1.76. The lowest BCUT2D eigenvalue weighted by Gasteiger charge is -1.91. The first-order valence-electron chi connectivity index (χ1n) is 2.64. The van der Waals surface area contributed by atoms with Crippen molar-refractivity contribution >= 4 is 49.8 Å². The molecule has 12 heavy (non-hydrogen) atoms. The van der Waals surface area contributed by atoms with E-state index in [1.807, 2.05) is 0 Å². The van der Waals surface area contributed by atoms with Crippen molar-refractivity contribution in [1.29, 1.82) is 0 Å². The van der Waals surface area contributed by atoms with Gasteiger partial charge in [0.1, 0.15) is 0 Å². The highest BCUT2D eigenvalue weighted by molar-refractivity contribution is 9.10. The van der Waals surface area contributed by atoms with Crippen LogP contribution in [0.5, 0.6) is 0 Å². The molecule has 0 fully saturated rings. The SMILES string of the molecule is Cc1csc(S(=O)(=O)O)c1Br.Cl. The molecule has 0 radical (unpaired) electrons. The summed E-state index contributed by atoms with van der Waals surface area (Å²) in [6.07, 6.45) is 0. The maximum atomic E-state index is 10.6. The van der Waals surface area contributed by atoms with E-state index in [-0.39, 0.29) is 16.6 Å². The molecule has 0 aliphatic rings. The smallest absolute Gasteiger partial charge is 0.281 e. The monoisotopic (exact) mass is 292 g/mol. The number of hydrogen-bond acceptors (Lipinski definition) is 3. The Kier molecular flexibility index (Phi) is 4.19. The van der Waals surface area contributed by atoms with Gasteiger partial charge in [0.05, 0.1) is 4.47 Å². The van der Waals surface area contributed by atoms with Gasteiger partial charge >= 0.3 is 10.1 Å². The van der Waals surface area contributed by atoms with E-state index >= 15 is 0 Å². The van der Waals surface area contributed by atoms with E-state index in [9.17, 15) is 8.42 Å². The van der Waals surface area contributed by atoms with Gasteiger partial charge < -0.3 is 0 Å². The summed E-state index contributed by atoms with van der Waals surface area (Å²) < 4.78 is 30.3. The van der Waals surface area contributed by atoms with E-state index in [2.05, 4.69) is 15.9 Å². The molecule has 0 unspecified atom stereocenters. The molecule has 0 saturated carbocycles. The fourth-order valence-corrected chi connectivity index (χ4v) is 3.42. The minimum absolute atomic E-state index is 0. The highest BCUT2D eigenvalue weighted by atomic mass is 79.9. The van der Waals surface area contributed by atoms with Crippen molar-refractivity contribution in [3.05, 3.63) is 15.4 Å². The van der Waals surface area contributed by atoms with Crippen LogP contribution < -0.4 is 0 Å². The van der Waals surface area contributed by atoms with Gasteiger partial charge in [-0.3, -0.25) is 4.55 Å². The topological polar surface area (TPSA) is 54.4 Å². The van der Waals surface area contributed by atoms with Gasteiger partial charge in [0.25, 0.3) is 0 Å². The molecule has 1 aromatic rings. The summed E-state index contributed by atoms with van der Waals surface area (Å²) in [7, 11) is -4.04. The maximum absolute atomic E-state index is 10.6. The molecule has 0 atom stereocenters. The molecule has 1 aromatic heterocycles. The standard InChI is InChI=1S/C5H5BrO3S2.ClH/c1-3-2-10-5(4(3)6)11(7,8)9;/h2H,1H3,(H,7,8,9);1H. The van der Waals surface area contributed by atoms with Crippen LogP contribution in [0.2, 0.25) is 0 Å². The quantitative estimate of drug-likeness (QED) is 0.809. The molecule has 0 aliphatic heterocycles. The molecule has 0 aromatic carbocycles. The number of aryl methyl sites for hydroxylation is 1. The summed E-state index contributed by atoms with van der Waals surface area (Å²) in [6, 6.07) is 0. The molecule has 0 bridgehead atoms. The van der Waals surface area contributed by atoms with E-state index < -0.39 is 10.1 Å². The predicted octanol–water partition coefficient (Wildman–Crippen LogP) is 2.49. The molecule has 3 nitrogen and oxygen atoms in total. The van der Waals surface area contributed by atoms with Crippen LogP contribution in [-0.2, 0) is 10.1 Å². The lowest BCUT2D eigenvalue weighted by Crippen LogP contribution is -1.94. The Balaban J connectivity index is 0.00000121. The molecule has 1 heterocycles. The Morgan fingerprint density at radius 3 is 2.25 bits per heavy atom. The second-order valence-corrected chi connectivity index (χ2v) is 5.28. The molecule has 0 saturated heterocycles. The van der Waals surface area contributed by atoms with Gasteiger partial charge in [-0.25, -0.2) is 0 Å². The Labute approximate surface area is 89.1 Å². The van der Waals surface area contributed by atoms with Gasteiger partial charge in [0.15, 0.2) is 4.21 Å². The number of hydrogen-bond donors (Lipinski definition) is 1. The number of rotatable bonds is 1. The summed E-state index contributed by atoms with van der Waals surface area (Å²) in [5, 5.41) is 1.66. The van der Waals surface area contributed by atoms with E-state index in [4.69, 9.17) is 4.55 Å². The molecule has 0 aliphatic carbocycles. The molecular weight excluding hydrogens is 288 g/mol. The van der Waals surface area contributed by atoms with Crippen molar-refractivity contribution < 1.29 is 13.0 Å². The van der Waals surface area contributed by atoms with Gasteiger partial charge in [0, 0.05) is 0 Å². The van der Waals surface area contributed by atoms with Crippen LogP contribution in [0.15, 0.2) is 14.1 Å². The van der Waals surface area contributed by atoms with Gasteiger partial charge in [0.2, 0.25) is 0 Å². The molecule has 1 N–H and O–H groups in total. The largest absolute Gasteiger partial charge is 0.305 e. The minimum atomic E-state index is -4.04. The third-order valence-electron chi connectivity index (χ3n) is 1.10. The van der Waals surface area contributed by atoms with E-state index in [0.29, 0.717) is 4.47 Å². The van der Waals surface area contributed by atoms with Gasteiger partial charge in [-0.05, 0) is 33.8 Å². The second kappa shape index (κ2) is 4.06. The Morgan fingerprint density at radius 2 is 2.08 bits per heavy atom. The van der Waals surface area contributed by atoms with Crippen LogP contribution in [0, 0.1) is 6.92 Å². The number of halogens is 2. The van der Waals surface area contributed by atoms with Crippen molar-refractivity contribution in [3.8, 4) is 0 Å². The molecule has 0 amide bonds. The third kappa shape index (κ3) is 2.43. The first-order valence-corrected chi connectivity index (χ1v) is 5.75. The summed E-state index contributed by atoms with van der Waals surface area (Å²) >= 11 is 4.06. The van der Waals surface area contributed by atoms with Crippen molar-refractivity contribution in [3.63, 3.8) is 0 Å². The highest BCUT2D eigenvalue weighted by Crippen LogP contribution is 2.31. The lowest BCUT2D eigenvalue weighted by atomic mass is 10.4. The van der Waals surface area contributed by atoms with Gasteiger partial charge in [-0.15, -0.1) is 23.7 Å². The fourth-order valence-electron chi connectivity index (χ4n) is 0.580.